The van der Waals surface area contributed by atoms with Gasteiger partial charge in [-0.25, -0.2) is 0 Å². The third-order valence-electron chi connectivity index (χ3n) is 2.76. The molecule has 1 aliphatic heterocycles. The van der Waals surface area contributed by atoms with Crippen LogP contribution in [0, 0.1) is 3.57 Å². The van der Waals surface area contributed by atoms with Crippen molar-refractivity contribution in [3.05, 3.63) is 33.4 Å². The zero-order chi connectivity index (χ0) is 11.4. The highest BCUT2D eigenvalue weighted by Gasteiger charge is 2.15. The summed E-state index contributed by atoms with van der Waals surface area (Å²) in [7, 11) is 0. The standard InChI is InChI=1S/C12H15IN2O/c13-10-4-1-3-9(7-10)12(16)15-8-11-5-2-6-14-11/h1,3-4,7,11,14H,2,5-6,8H2,(H,15,16). The maximum atomic E-state index is 11.8. The number of carbonyl (C=O) groups excluding carboxylic acids is 1. The average molecular weight is 330 g/mol. The number of hydrogen-bond donors (Lipinski definition) is 2. The number of rotatable bonds is 3. The monoisotopic (exact) mass is 330 g/mol. The Morgan fingerprint density at radius 1 is 1.56 bits per heavy atom. The van der Waals surface area contributed by atoms with E-state index in [0.29, 0.717) is 6.04 Å². The summed E-state index contributed by atoms with van der Waals surface area (Å²) in [6, 6.07) is 8.09. The fourth-order valence-electron chi connectivity index (χ4n) is 1.88. The second kappa shape index (κ2) is 5.63. The molecule has 0 spiro atoms. The molecule has 2 rings (SSSR count). The quantitative estimate of drug-likeness (QED) is 0.830. The van der Waals surface area contributed by atoms with Gasteiger partial charge in [-0.1, -0.05) is 6.07 Å². The van der Waals surface area contributed by atoms with E-state index < -0.39 is 0 Å². The molecule has 1 heterocycles. The van der Waals surface area contributed by atoms with E-state index >= 15 is 0 Å². The van der Waals surface area contributed by atoms with E-state index in [4.69, 9.17) is 0 Å². The predicted molar refractivity (Wildman–Crippen MR) is 72.5 cm³/mol. The summed E-state index contributed by atoms with van der Waals surface area (Å²) < 4.78 is 1.09. The summed E-state index contributed by atoms with van der Waals surface area (Å²) in [5.74, 6) is 0.0206. The van der Waals surface area contributed by atoms with Crippen molar-refractivity contribution in [3.8, 4) is 0 Å². The minimum absolute atomic E-state index is 0.0206. The van der Waals surface area contributed by atoms with Gasteiger partial charge in [-0.15, -0.1) is 0 Å². The van der Waals surface area contributed by atoms with Gasteiger partial charge in [0.15, 0.2) is 0 Å². The number of nitrogens with one attached hydrogen (secondary N) is 2. The van der Waals surface area contributed by atoms with Crippen LogP contribution in [0.4, 0.5) is 0 Å². The fourth-order valence-corrected chi connectivity index (χ4v) is 2.42. The van der Waals surface area contributed by atoms with E-state index in [1.54, 1.807) is 0 Å². The first-order valence-electron chi connectivity index (χ1n) is 5.53. The van der Waals surface area contributed by atoms with Crippen LogP contribution < -0.4 is 10.6 Å². The van der Waals surface area contributed by atoms with Gasteiger partial charge < -0.3 is 10.6 Å². The molecule has 0 radical (unpaired) electrons. The maximum Gasteiger partial charge on any atom is 0.251 e. The Bertz CT molecular complexity index is 375. The smallest absolute Gasteiger partial charge is 0.251 e. The zero-order valence-electron chi connectivity index (χ0n) is 9.00. The van der Waals surface area contributed by atoms with Gasteiger partial charge >= 0.3 is 0 Å². The zero-order valence-corrected chi connectivity index (χ0v) is 11.2. The Kier molecular flexibility index (Phi) is 4.17. The molecule has 1 aliphatic rings. The predicted octanol–water partition coefficient (Wildman–Crippen LogP) is 1.77. The van der Waals surface area contributed by atoms with Gasteiger partial charge in [0, 0.05) is 21.7 Å². The summed E-state index contributed by atoms with van der Waals surface area (Å²) >= 11 is 2.21. The third-order valence-corrected chi connectivity index (χ3v) is 3.43. The lowest BCUT2D eigenvalue weighted by molar-refractivity contribution is 0.0950. The molecule has 4 heteroatoms. The van der Waals surface area contributed by atoms with Gasteiger partial charge in [0.05, 0.1) is 0 Å². The van der Waals surface area contributed by atoms with E-state index in [-0.39, 0.29) is 5.91 Å². The summed E-state index contributed by atoms with van der Waals surface area (Å²) in [6.07, 6.45) is 2.37. The largest absolute Gasteiger partial charge is 0.350 e. The summed E-state index contributed by atoms with van der Waals surface area (Å²) in [6.45, 7) is 1.80. The molecule has 2 N–H and O–H groups in total. The molecule has 0 aliphatic carbocycles. The minimum atomic E-state index is 0.0206. The molecule has 0 bridgehead atoms. The highest BCUT2D eigenvalue weighted by Crippen LogP contribution is 2.08. The Morgan fingerprint density at radius 3 is 3.12 bits per heavy atom. The van der Waals surface area contributed by atoms with E-state index in [0.717, 1.165) is 28.6 Å². The van der Waals surface area contributed by atoms with E-state index in [2.05, 4.69) is 33.2 Å². The Hall–Kier alpha value is -0.620. The van der Waals surface area contributed by atoms with Crippen molar-refractivity contribution in [1.29, 1.82) is 0 Å². The van der Waals surface area contributed by atoms with Gasteiger partial charge in [-0.05, 0) is 60.2 Å². The van der Waals surface area contributed by atoms with Crippen LogP contribution in [-0.2, 0) is 0 Å². The van der Waals surface area contributed by atoms with Gasteiger partial charge in [-0.2, -0.15) is 0 Å². The van der Waals surface area contributed by atoms with Crippen LogP contribution in [-0.4, -0.2) is 25.0 Å². The number of amides is 1. The molecule has 0 saturated carbocycles. The highest BCUT2D eigenvalue weighted by atomic mass is 127. The summed E-state index contributed by atoms with van der Waals surface area (Å²) in [5, 5.41) is 6.32. The van der Waals surface area contributed by atoms with Crippen LogP contribution in [0.1, 0.15) is 23.2 Å². The Labute approximate surface area is 109 Å². The van der Waals surface area contributed by atoms with Gasteiger partial charge in [-0.3, -0.25) is 4.79 Å². The second-order valence-corrected chi connectivity index (χ2v) is 5.26. The number of halogens is 1. The van der Waals surface area contributed by atoms with Gasteiger partial charge in [0.2, 0.25) is 0 Å². The molecule has 1 unspecified atom stereocenters. The van der Waals surface area contributed by atoms with Crippen molar-refractivity contribution < 1.29 is 4.79 Å². The molecule has 1 aromatic rings. The van der Waals surface area contributed by atoms with Crippen molar-refractivity contribution in [2.75, 3.05) is 13.1 Å². The molecule has 3 nitrogen and oxygen atoms in total. The lowest BCUT2D eigenvalue weighted by Gasteiger charge is -2.11. The lowest BCUT2D eigenvalue weighted by Crippen LogP contribution is -2.37. The lowest BCUT2D eigenvalue weighted by atomic mass is 10.2. The maximum absolute atomic E-state index is 11.8. The topological polar surface area (TPSA) is 41.1 Å². The second-order valence-electron chi connectivity index (χ2n) is 4.01. The molecule has 1 atom stereocenters. The molecule has 16 heavy (non-hydrogen) atoms. The van der Waals surface area contributed by atoms with Crippen LogP contribution in [0.2, 0.25) is 0 Å². The number of benzene rings is 1. The Balaban J connectivity index is 1.87. The van der Waals surface area contributed by atoms with E-state index in [1.165, 1.54) is 6.42 Å². The van der Waals surface area contributed by atoms with Crippen molar-refractivity contribution in [3.63, 3.8) is 0 Å². The normalized spacial score (nSPS) is 19.7. The van der Waals surface area contributed by atoms with E-state index in [1.807, 2.05) is 24.3 Å². The number of carbonyl (C=O) groups is 1. The summed E-state index contributed by atoms with van der Waals surface area (Å²) in [4.78, 5) is 11.8. The molecular weight excluding hydrogens is 315 g/mol. The van der Waals surface area contributed by atoms with Gasteiger partial charge in [0.25, 0.3) is 5.91 Å². The van der Waals surface area contributed by atoms with Crippen LogP contribution >= 0.6 is 22.6 Å². The molecule has 0 aromatic heterocycles. The van der Waals surface area contributed by atoms with Crippen molar-refractivity contribution >= 4 is 28.5 Å². The van der Waals surface area contributed by atoms with Crippen LogP contribution in [0.3, 0.4) is 0 Å². The number of hydrogen-bond acceptors (Lipinski definition) is 2. The molecule has 1 amide bonds. The highest BCUT2D eigenvalue weighted by molar-refractivity contribution is 14.1. The SMILES string of the molecule is O=C(NCC1CCCN1)c1cccc(I)c1. The van der Waals surface area contributed by atoms with Crippen LogP contribution in [0.15, 0.2) is 24.3 Å². The Morgan fingerprint density at radius 2 is 2.44 bits per heavy atom. The first kappa shape index (κ1) is 11.9. The van der Waals surface area contributed by atoms with Crippen LogP contribution in [0.5, 0.6) is 0 Å². The molecule has 86 valence electrons. The summed E-state index contributed by atoms with van der Waals surface area (Å²) in [5.41, 5.74) is 0.741. The molecule has 1 saturated heterocycles. The third kappa shape index (κ3) is 3.18. The van der Waals surface area contributed by atoms with Crippen LogP contribution in [0.25, 0.3) is 0 Å². The van der Waals surface area contributed by atoms with Crippen molar-refractivity contribution in [1.82, 2.24) is 10.6 Å². The molecular formula is C12H15IN2O. The molecule has 1 fully saturated rings. The average Bonchev–Trinajstić information content (AvgIpc) is 2.78. The van der Waals surface area contributed by atoms with Crippen molar-refractivity contribution in [2.24, 2.45) is 0 Å². The first-order valence-corrected chi connectivity index (χ1v) is 6.61. The molecule has 1 aromatic carbocycles. The van der Waals surface area contributed by atoms with E-state index in [9.17, 15) is 4.79 Å². The minimum Gasteiger partial charge on any atom is -0.350 e. The fraction of sp³-hybridized carbons (Fsp3) is 0.417. The van der Waals surface area contributed by atoms with Gasteiger partial charge in [0.1, 0.15) is 0 Å². The first-order chi connectivity index (χ1) is 7.75. The van der Waals surface area contributed by atoms with Crippen molar-refractivity contribution in [2.45, 2.75) is 18.9 Å².